The lowest BCUT2D eigenvalue weighted by Crippen LogP contribution is -2.42. The van der Waals surface area contributed by atoms with Gasteiger partial charge in [0.25, 0.3) is 21.5 Å². The minimum atomic E-state index is -4.42. The van der Waals surface area contributed by atoms with Gasteiger partial charge in [-0.3, -0.25) is 19.1 Å². The summed E-state index contributed by atoms with van der Waals surface area (Å²) in [6.07, 6.45) is 1.45. The highest BCUT2D eigenvalue weighted by molar-refractivity contribution is 7.92. The van der Waals surface area contributed by atoms with Gasteiger partial charge in [0.15, 0.2) is 0 Å². The molecule has 2 amide bonds. The van der Waals surface area contributed by atoms with Crippen LogP contribution >= 0.6 is 0 Å². The zero-order chi connectivity index (χ0) is 37.8. The van der Waals surface area contributed by atoms with Gasteiger partial charge in [-0.1, -0.05) is 26.8 Å². The number of aryl methyl sites for hydroxylation is 2. The van der Waals surface area contributed by atoms with E-state index in [-0.39, 0.29) is 29.5 Å². The normalized spacial score (nSPS) is 12.2. The lowest BCUT2D eigenvalue weighted by Gasteiger charge is -2.18. The van der Waals surface area contributed by atoms with Crippen molar-refractivity contribution in [1.29, 1.82) is 0 Å². The Morgan fingerprint density at radius 2 is 1.65 bits per heavy atom. The van der Waals surface area contributed by atoms with Crippen molar-refractivity contribution in [3.8, 4) is 5.82 Å². The standard InChI is InChI=1S/C34H36F2N6O8S/c1-19-15-29(43)42(33(47)41(19)5)28-14-8-20(18-37-28)7-13-26(31(45)50-6)39-30(44)23-16-25(36)27(17-24(23)35)40-51(48,49)22-11-9-21(10-12-22)38-32(46)34(2,3)4/h8-12,14-18,26,40H,7,13H2,1-6H3,(H,38,46)(H,39,44)/t26-/m0/s1. The Labute approximate surface area is 291 Å². The number of amides is 2. The van der Waals surface area contributed by atoms with E-state index in [1.165, 1.54) is 54.2 Å². The molecule has 0 aliphatic heterocycles. The molecule has 0 aliphatic rings. The van der Waals surface area contributed by atoms with Gasteiger partial charge in [-0.25, -0.2) is 36.3 Å². The molecule has 0 unspecified atom stereocenters. The summed E-state index contributed by atoms with van der Waals surface area (Å²) in [5, 5.41) is 4.95. The number of carbonyl (C=O) groups excluding carboxylic acids is 3. The third-order valence-corrected chi connectivity index (χ3v) is 9.14. The SMILES string of the molecule is COC(=O)[C@H](CCc1ccc(-n2c(=O)cc(C)n(C)c2=O)nc1)NC(=O)c1cc(F)c(NS(=O)(=O)c2ccc(NC(=O)C(C)(C)C)cc2)cc1F. The van der Waals surface area contributed by atoms with E-state index in [1.807, 2.05) is 4.72 Å². The zero-order valence-electron chi connectivity index (χ0n) is 28.5. The Balaban J connectivity index is 1.45. The number of anilines is 2. The summed E-state index contributed by atoms with van der Waals surface area (Å²) in [6, 6.07) is 8.98. The van der Waals surface area contributed by atoms with Crippen LogP contribution in [0.3, 0.4) is 0 Å². The number of rotatable bonds is 11. The number of ether oxygens (including phenoxy) is 1. The first-order valence-electron chi connectivity index (χ1n) is 15.4. The van der Waals surface area contributed by atoms with E-state index < -0.39 is 67.5 Å². The number of esters is 1. The van der Waals surface area contributed by atoms with Gasteiger partial charge in [0, 0.05) is 42.2 Å². The van der Waals surface area contributed by atoms with Crippen molar-refractivity contribution in [1.82, 2.24) is 19.4 Å². The second-order valence-corrected chi connectivity index (χ2v) is 14.2. The predicted molar refractivity (Wildman–Crippen MR) is 183 cm³/mol. The van der Waals surface area contributed by atoms with Gasteiger partial charge in [-0.05, 0) is 61.7 Å². The van der Waals surface area contributed by atoms with Crippen LogP contribution in [0.4, 0.5) is 20.2 Å². The second kappa shape index (κ2) is 15.0. The monoisotopic (exact) mass is 726 g/mol. The molecular weight excluding hydrogens is 690 g/mol. The highest BCUT2D eigenvalue weighted by atomic mass is 32.2. The second-order valence-electron chi connectivity index (χ2n) is 12.6. The van der Waals surface area contributed by atoms with Crippen molar-refractivity contribution in [3.05, 3.63) is 110 Å². The van der Waals surface area contributed by atoms with Crippen molar-refractivity contribution < 1.29 is 36.3 Å². The van der Waals surface area contributed by atoms with Crippen LogP contribution < -0.4 is 26.6 Å². The summed E-state index contributed by atoms with van der Waals surface area (Å²) in [5.74, 6) is -4.84. The van der Waals surface area contributed by atoms with E-state index in [1.54, 1.807) is 33.8 Å². The third kappa shape index (κ3) is 8.91. The van der Waals surface area contributed by atoms with Crippen LogP contribution in [0.1, 0.15) is 48.8 Å². The quantitative estimate of drug-likeness (QED) is 0.195. The molecule has 0 bridgehead atoms. The van der Waals surface area contributed by atoms with Gasteiger partial charge < -0.3 is 19.9 Å². The fraction of sp³-hybridized carbons (Fsp3) is 0.294. The number of benzene rings is 2. The first-order chi connectivity index (χ1) is 23.8. The van der Waals surface area contributed by atoms with E-state index in [0.29, 0.717) is 29.1 Å². The Hall–Kier alpha value is -5.71. The zero-order valence-corrected chi connectivity index (χ0v) is 29.4. The molecule has 0 saturated heterocycles. The average molecular weight is 727 g/mol. The number of halogens is 2. The van der Waals surface area contributed by atoms with Crippen LogP contribution in [-0.4, -0.2) is 53.5 Å². The highest BCUT2D eigenvalue weighted by Crippen LogP contribution is 2.25. The number of hydrogen-bond acceptors (Lipinski definition) is 9. The maximum Gasteiger partial charge on any atom is 0.336 e. The van der Waals surface area contributed by atoms with Crippen molar-refractivity contribution in [2.75, 3.05) is 17.1 Å². The van der Waals surface area contributed by atoms with Crippen molar-refractivity contribution in [3.63, 3.8) is 0 Å². The molecule has 0 radical (unpaired) electrons. The largest absolute Gasteiger partial charge is 0.467 e. The lowest BCUT2D eigenvalue weighted by atomic mass is 9.95. The van der Waals surface area contributed by atoms with Crippen molar-refractivity contribution in [2.24, 2.45) is 12.5 Å². The fourth-order valence-electron chi connectivity index (χ4n) is 4.62. The highest BCUT2D eigenvalue weighted by Gasteiger charge is 2.26. The number of methoxy groups -OCH3 is 1. The van der Waals surface area contributed by atoms with Crippen LogP contribution in [0.15, 0.2) is 75.3 Å². The van der Waals surface area contributed by atoms with Crippen molar-refractivity contribution >= 4 is 39.2 Å². The van der Waals surface area contributed by atoms with E-state index in [9.17, 15) is 32.4 Å². The smallest absolute Gasteiger partial charge is 0.336 e. The molecule has 0 spiro atoms. The first kappa shape index (κ1) is 38.1. The number of sulfonamides is 1. The summed E-state index contributed by atoms with van der Waals surface area (Å²) in [7, 11) is -1.83. The molecule has 0 saturated carbocycles. The lowest BCUT2D eigenvalue weighted by molar-refractivity contribution is -0.143. The Kier molecular flexibility index (Phi) is 11.2. The molecule has 51 heavy (non-hydrogen) atoms. The molecule has 2 aromatic carbocycles. The summed E-state index contributed by atoms with van der Waals surface area (Å²) in [5.41, 5.74) is -2.08. The van der Waals surface area contributed by atoms with Gasteiger partial charge in [-0.2, -0.15) is 0 Å². The molecule has 4 rings (SSSR count). The first-order valence-corrected chi connectivity index (χ1v) is 16.9. The topological polar surface area (TPSA) is 188 Å². The molecule has 4 aromatic rings. The minimum Gasteiger partial charge on any atom is -0.467 e. The minimum absolute atomic E-state index is 0.0631. The summed E-state index contributed by atoms with van der Waals surface area (Å²) >= 11 is 0. The van der Waals surface area contributed by atoms with Gasteiger partial charge in [0.1, 0.15) is 23.5 Å². The van der Waals surface area contributed by atoms with Crippen LogP contribution in [0.2, 0.25) is 0 Å². The number of hydrogen-bond donors (Lipinski definition) is 3. The molecule has 14 nitrogen and oxygen atoms in total. The van der Waals surface area contributed by atoms with E-state index in [4.69, 9.17) is 4.74 Å². The summed E-state index contributed by atoms with van der Waals surface area (Å²) in [6.45, 7) is 6.73. The third-order valence-electron chi connectivity index (χ3n) is 7.76. The van der Waals surface area contributed by atoms with Gasteiger partial charge in [-0.15, -0.1) is 0 Å². The van der Waals surface area contributed by atoms with Crippen LogP contribution in [0.25, 0.3) is 5.82 Å². The number of aromatic nitrogens is 3. The molecule has 2 heterocycles. The molecular formula is C34H36F2N6O8S. The summed E-state index contributed by atoms with van der Waals surface area (Å²) in [4.78, 5) is 66.6. The number of nitrogens with zero attached hydrogens (tertiary/aromatic N) is 3. The van der Waals surface area contributed by atoms with Crippen LogP contribution in [-0.2, 0) is 37.8 Å². The molecule has 1 atom stereocenters. The van der Waals surface area contributed by atoms with Gasteiger partial charge in [0.2, 0.25) is 5.91 Å². The Morgan fingerprint density at radius 3 is 2.24 bits per heavy atom. The molecule has 17 heteroatoms. The summed E-state index contributed by atoms with van der Waals surface area (Å²) < 4.78 is 64.9. The number of nitrogens with one attached hydrogen (secondary N) is 3. The number of carbonyl (C=O) groups is 3. The molecule has 0 aliphatic carbocycles. The van der Waals surface area contributed by atoms with Gasteiger partial charge in [0.05, 0.1) is 23.3 Å². The molecule has 0 fully saturated rings. The predicted octanol–water partition coefficient (Wildman–Crippen LogP) is 3.21. The maximum absolute atomic E-state index is 15.1. The number of pyridine rings is 1. The maximum atomic E-state index is 15.1. The molecule has 2 aromatic heterocycles. The average Bonchev–Trinajstić information content (AvgIpc) is 3.06. The van der Waals surface area contributed by atoms with Crippen LogP contribution in [0, 0.1) is 24.0 Å². The molecule has 3 N–H and O–H groups in total. The van der Waals surface area contributed by atoms with Crippen LogP contribution in [0.5, 0.6) is 0 Å². The Bertz CT molecular complexity index is 2210. The van der Waals surface area contributed by atoms with E-state index in [2.05, 4.69) is 15.6 Å². The van der Waals surface area contributed by atoms with Crippen molar-refractivity contribution in [2.45, 2.75) is 51.5 Å². The van der Waals surface area contributed by atoms with E-state index >= 15 is 8.78 Å². The fourth-order valence-corrected chi connectivity index (χ4v) is 5.68. The van der Waals surface area contributed by atoms with Gasteiger partial charge >= 0.3 is 11.7 Å². The molecule has 270 valence electrons. The Morgan fingerprint density at radius 1 is 0.980 bits per heavy atom. The van der Waals surface area contributed by atoms with E-state index in [0.717, 1.165) is 11.7 Å².